The van der Waals surface area contributed by atoms with Crippen molar-refractivity contribution in [2.24, 2.45) is 0 Å². The third kappa shape index (κ3) is 2.04. The lowest BCUT2D eigenvalue weighted by Crippen LogP contribution is -1.85. The monoisotopic (exact) mass is 201 g/mol. The Morgan fingerprint density at radius 1 is 1.40 bits per heavy atom. The van der Waals surface area contributed by atoms with E-state index in [1.165, 1.54) is 6.07 Å². The summed E-state index contributed by atoms with van der Waals surface area (Å²) < 4.78 is 13.6. The van der Waals surface area contributed by atoms with E-state index in [9.17, 15) is 4.39 Å². The lowest BCUT2D eigenvalue weighted by molar-refractivity contribution is 0.627. The Morgan fingerprint density at radius 2 is 2.27 bits per heavy atom. The van der Waals surface area contributed by atoms with Crippen molar-refractivity contribution in [2.75, 3.05) is 0 Å². The summed E-state index contributed by atoms with van der Waals surface area (Å²) in [5.74, 6) is -0.194. The van der Waals surface area contributed by atoms with Crippen LogP contribution in [0.25, 0.3) is 17.0 Å². The van der Waals surface area contributed by atoms with Crippen LogP contribution in [0.15, 0.2) is 36.5 Å². The van der Waals surface area contributed by atoms with Crippen LogP contribution >= 0.6 is 0 Å². The van der Waals surface area contributed by atoms with Gasteiger partial charge in [0.05, 0.1) is 5.52 Å². The van der Waals surface area contributed by atoms with Crippen LogP contribution < -0.4 is 0 Å². The molecule has 0 aliphatic carbocycles. The van der Waals surface area contributed by atoms with Gasteiger partial charge in [-0.25, -0.2) is 4.39 Å². The summed E-state index contributed by atoms with van der Waals surface area (Å²) in [6.07, 6.45) is 6.35. The zero-order valence-electron chi connectivity index (χ0n) is 8.57. The third-order valence-corrected chi connectivity index (χ3v) is 2.25. The van der Waals surface area contributed by atoms with Gasteiger partial charge >= 0.3 is 0 Å². The van der Waals surface area contributed by atoms with Gasteiger partial charge in [0, 0.05) is 17.1 Å². The number of fused-ring (bicyclic) bond motifs is 1. The van der Waals surface area contributed by atoms with E-state index >= 15 is 0 Å². The summed E-state index contributed by atoms with van der Waals surface area (Å²) in [5.41, 5.74) is 1.43. The Balaban J connectivity index is 2.57. The second kappa shape index (κ2) is 4.22. The highest BCUT2D eigenvalue weighted by Gasteiger charge is 2.01. The third-order valence-electron chi connectivity index (χ3n) is 2.25. The van der Waals surface area contributed by atoms with Gasteiger partial charge in [-0.15, -0.1) is 0 Å². The highest BCUT2D eigenvalue weighted by Crippen LogP contribution is 2.18. The van der Waals surface area contributed by atoms with Crippen LogP contribution in [0.5, 0.6) is 0 Å². The van der Waals surface area contributed by atoms with Gasteiger partial charge in [-0.1, -0.05) is 25.1 Å². The molecule has 2 aromatic rings. The van der Waals surface area contributed by atoms with Gasteiger partial charge in [0.15, 0.2) is 0 Å². The molecular weight excluding hydrogens is 189 g/mol. The summed E-state index contributed by atoms with van der Waals surface area (Å²) in [6.45, 7) is 2.02. The molecule has 2 rings (SSSR count). The highest BCUT2D eigenvalue weighted by molar-refractivity contribution is 5.81. The van der Waals surface area contributed by atoms with E-state index in [1.807, 2.05) is 25.1 Å². The summed E-state index contributed by atoms with van der Waals surface area (Å²) in [5, 5.41) is 0.837. The lowest BCUT2D eigenvalue weighted by atomic mass is 10.1. The molecule has 0 N–H and O–H groups in total. The minimum atomic E-state index is -0.194. The number of halogens is 1. The normalized spacial score (nSPS) is 11.3. The molecule has 0 spiro atoms. The maximum Gasteiger partial charge on any atom is 0.131 e. The second-order valence-electron chi connectivity index (χ2n) is 3.38. The molecule has 2 heteroatoms. The summed E-state index contributed by atoms with van der Waals surface area (Å²) in [4.78, 5) is 4.19. The van der Waals surface area contributed by atoms with E-state index in [-0.39, 0.29) is 5.82 Å². The predicted molar refractivity (Wildman–Crippen MR) is 61.0 cm³/mol. The van der Waals surface area contributed by atoms with Crippen molar-refractivity contribution in [1.29, 1.82) is 0 Å². The highest BCUT2D eigenvalue weighted by atomic mass is 19.1. The number of hydrogen-bond donors (Lipinski definition) is 0. The zero-order chi connectivity index (χ0) is 10.7. The summed E-state index contributed by atoms with van der Waals surface area (Å²) in [7, 11) is 0. The van der Waals surface area contributed by atoms with Crippen molar-refractivity contribution in [3.8, 4) is 0 Å². The van der Waals surface area contributed by atoms with E-state index in [1.54, 1.807) is 18.3 Å². The van der Waals surface area contributed by atoms with Crippen molar-refractivity contribution in [3.63, 3.8) is 0 Å². The fourth-order valence-electron chi connectivity index (χ4n) is 1.48. The predicted octanol–water partition coefficient (Wildman–Crippen LogP) is 3.80. The van der Waals surface area contributed by atoms with Crippen LogP contribution in [-0.4, -0.2) is 4.98 Å². The molecule has 0 unspecified atom stereocenters. The molecule has 1 heterocycles. The quantitative estimate of drug-likeness (QED) is 0.720. The van der Waals surface area contributed by atoms with Crippen LogP contribution in [0.1, 0.15) is 18.9 Å². The van der Waals surface area contributed by atoms with Gasteiger partial charge in [-0.2, -0.15) is 0 Å². The summed E-state index contributed by atoms with van der Waals surface area (Å²) >= 11 is 0. The van der Waals surface area contributed by atoms with Gasteiger partial charge in [-0.3, -0.25) is 4.98 Å². The average molecular weight is 201 g/mol. The molecule has 76 valence electrons. The van der Waals surface area contributed by atoms with Crippen molar-refractivity contribution >= 4 is 17.0 Å². The minimum Gasteiger partial charge on any atom is -0.256 e. The SMILES string of the molecule is CC/C=C/c1cc2ncccc2cc1F. The maximum absolute atomic E-state index is 13.6. The molecule has 0 radical (unpaired) electrons. The number of pyridine rings is 1. The van der Waals surface area contributed by atoms with Crippen LogP contribution in [0.4, 0.5) is 4.39 Å². The number of hydrogen-bond acceptors (Lipinski definition) is 1. The number of benzene rings is 1. The Hall–Kier alpha value is -1.70. The standard InChI is InChI=1S/C13H12FN/c1-2-3-5-10-9-13-11(8-12(10)14)6-4-7-15-13/h3-9H,2H2,1H3/b5-3+. The van der Waals surface area contributed by atoms with Crippen molar-refractivity contribution < 1.29 is 4.39 Å². The maximum atomic E-state index is 13.6. The number of nitrogens with zero attached hydrogens (tertiary/aromatic N) is 1. The zero-order valence-corrected chi connectivity index (χ0v) is 8.57. The number of aromatic nitrogens is 1. The first-order valence-corrected chi connectivity index (χ1v) is 5.02. The van der Waals surface area contributed by atoms with E-state index < -0.39 is 0 Å². The molecule has 0 saturated carbocycles. The molecule has 1 aromatic carbocycles. The molecule has 0 atom stereocenters. The molecule has 0 saturated heterocycles. The first-order valence-electron chi connectivity index (χ1n) is 5.02. The van der Waals surface area contributed by atoms with E-state index in [4.69, 9.17) is 0 Å². The molecule has 15 heavy (non-hydrogen) atoms. The van der Waals surface area contributed by atoms with Crippen LogP contribution in [0.3, 0.4) is 0 Å². The van der Waals surface area contributed by atoms with Gasteiger partial charge < -0.3 is 0 Å². The minimum absolute atomic E-state index is 0.194. The van der Waals surface area contributed by atoms with E-state index in [0.717, 1.165) is 17.3 Å². The van der Waals surface area contributed by atoms with Crippen LogP contribution in [-0.2, 0) is 0 Å². The van der Waals surface area contributed by atoms with Crippen LogP contribution in [0.2, 0.25) is 0 Å². The largest absolute Gasteiger partial charge is 0.256 e. The first-order chi connectivity index (χ1) is 7.31. The molecule has 0 aliphatic rings. The molecule has 0 amide bonds. The Morgan fingerprint density at radius 3 is 3.07 bits per heavy atom. The van der Waals surface area contributed by atoms with Gasteiger partial charge in [0.2, 0.25) is 0 Å². The van der Waals surface area contributed by atoms with Crippen molar-refractivity contribution in [2.45, 2.75) is 13.3 Å². The Labute approximate surface area is 88.3 Å². The molecule has 1 aromatic heterocycles. The molecule has 0 fully saturated rings. The van der Waals surface area contributed by atoms with Gasteiger partial charge in [-0.05, 0) is 24.6 Å². The average Bonchev–Trinajstić information content (AvgIpc) is 2.26. The summed E-state index contributed by atoms with van der Waals surface area (Å²) in [6, 6.07) is 6.97. The fraction of sp³-hybridized carbons (Fsp3) is 0.154. The van der Waals surface area contributed by atoms with E-state index in [0.29, 0.717) is 5.56 Å². The first kappa shape index (κ1) is 9.84. The van der Waals surface area contributed by atoms with Crippen LogP contribution in [0, 0.1) is 5.82 Å². The van der Waals surface area contributed by atoms with Gasteiger partial charge in [0.25, 0.3) is 0 Å². The molecular formula is C13H12FN. The number of allylic oxidation sites excluding steroid dienone is 1. The lowest BCUT2D eigenvalue weighted by Gasteiger charge is -2.00. The molecule has 0 aliphatic heterocycles. The Bertz CT molecular complexity index is 503. The second-order valence-corrected chi connectivity index (χ2v) is 3.38. The number of rotatable bonds is 2. The van der Waals surface area contributed by atoms with E-state index in [2.05, 4.69) is 4.98 Å². The topological polar surface area (TPSA) is 12.9 Å². The smallest absolute Gasteiger partial charge is 0.131 e. The molecule has 1 nitrogen and oxygen atoms in total. The fourth-order valence-corrected chi connectivity index (χ4v) is 1.48. The Kier molecular flexibility index (Phi) is 2.77. The molecule has 0 bridgehead atoms. The van der Waals surface area contributed by atoms with Crippen molar-refractivity contribution in [3.05, 3.63) is 47.9 Å². The van der Waals surface area contributed by atoms with Crippen molar-refractivity contribution in [1.82, 2.24) is 4.98 Å². The van der Waals surface area contributed by atoms with Gasteiger partial charge in [0.1, 0.15) is 5.82 Å².